The van der Waals surface area contributed by atoms with Gasteiger partial charge < -0.3 is 5.73 Å². The van der Waals surface area contributed by atoms with Crippen molar-refractivity contribution in [2.75, 3.05) is 6.54 Å². The van der Waals surface area contributed by atoms with Gasteiger partial charge in [0, 0.05) is 6.54 Å². The second-order valence-electron chi connectivity index (χ2n) is 3.32. The average molecular weight is 231 g/mol. The van der Waals surface area contributed by atoms with Crippen molar-refractivity contribution < 1.29 is 5.03 Å². The van der Waals surface area contributed by atoms with E-state index in [1.165, 1.54) is 0 Å². The summed E-state index contributed by atoms with van der Waals surface area (Å²) in [7, 11) is 0. The van der Waals surface area contributed by atoms with Crippen molar-refractivity contribution in [3.05, 3.63) is 15.0 Å². The van der Waals surface area contributed by atoms with Gasteiger partial charge in [-0.05, 0) is 6.42 Å². The molecule has 2 N–H and O–H groups in total. The molecule has 0 aromatic rings. The molecule has 0 fully saturated rings. The summed E-state index contributed by atoms with van der Waals surface area (Å²) < 4.78 is 0. The van der Waals surface area contributed by atoms with E-state index in [0.29, 0.717) is 6.42 Å². The van der Waals surface area contributed by atoms with Gasteiger partial charge in [-0.1, -0.05) is 32.6 Å². The number of rotatable bonds is 8. The van der Waals surface area contributed by atoms with Crippen molar-refractivity contribution in [3.63, 3.8) is 0 Å². The quantitative estimate of drug-likeness (QED) is 0.169. The zero-order valence-electron chi connectivity index (χ0n) is 9.33. The predicted molar refractivity (Wildman–Crippen MR) is 59.9 cm³/mol. The summed E-state index contributed by atoms with van der Waals surface area (Å²) in [5.41, 5.74) is 5.21. The van der Waals surface area contributed by atoms with Crippen LogP contribution in [0.2, 0.25) is 0 Å². The molecular weight excluding hydrogens is 214 g/mol. The van der Waals surface area contributed by atoms with Gasteiger partial charge >= 0.3 is 0 Å². The maximum atomic E-state index is 10.3. The number of guanidine groups is 1. The molecule has 0 spiro atoms. The van der Waals surface area contributed by atoms with E-state index in [1.807, 2.05) is 0 Å². The molecule has 92 valence electrons. The Hall–Kier alpha value is -1.73. The molecule has 0 radical (unpaired) electrons. The minimum absolute atomic E-state index is 0.260. The smallest absolute Gasteiger partial charge is 0.291 e. The lowest BCUT2D eigenvalue weighted by Gasteiger charge is -2.10. The minimum atomic E-state index is -0.954. The van der Waals surface area contributed by atoms with Crippen LogP contribution in [0, 0.1) is 15.0 Å². The van der Waals surface area contributed by atoms with Gasteiger partial charge in [0.05, 0.1) is 5.29 Å². The van der Waals surface area contributed by atoms with E-state index in [4.69, 9.17) is 5.73 Å². The van der Waals surface area contributed by atoms with E-state index < -0.39 is 11.0 Å². The Kier molecular flexibility index (Phi) is 7.64. The summed E-state index contributed by atoms with van der Waals surface area (Å²) in [6, 6.07) is 0. The molecule has 0 bridgehead atoms. The fraction of sp³-hybridized carbons (Fsp3) is 0.875. The number of nitrogens with zero attached hydrogens (tertiary/aromatic N) is 4. The highest BCUT2D eigenvalue weighted by Gasteiger charge is 2.11. The summed E-state index contributed by atoms with van der Waals surface area (Å²) in [5.74, 6) is -0.476. The van der Waals surface area contributed by atoms with Crippen molar-refractivity contribution in [2.45, 2.75) is 39.0 Å². The molecule has 0 unspecified atom stereocenters. The minimum Gasteiger partial charge on any atom is -0.363 e. The number of nitrogens with two attached hydrogens (primary N) is 1. The van der Waals surface area contributed by atoms with Crippen molar-refractivity contribution >= 4 is 5.96 Å². The van der Waals surface area contributed by atoms with Crippen molar-refractivity contribution in [1.29, 1.82) is 0 Å². The SMILES string of the molecule is CCCCCCCN(N=O)/C(N)=N/[N+](=O)[O-]. The molecule has 0 amide bonds. The molecule has 0 aliphatic rings. The standard InChI is InChI=1S/C8H17N5O3/c1-2-3-4-5-6-7-12(11-14)8(9)10-13(15)16/h2-7H2,1H3,(H2,9,10). The van der Waals surface area contributed by atoms with Gasteiger partial charge in [-0.25, -0.2) is 10.1 Å². The Morgan fingerprint density at radius 2 is 2.00 bits per heavy atom. The molecule has 8 heteroatoms. The third kappa shape index (κ3) is 6.68. The number of nitroso groups, excluding NO2 is 1. The summed E-state index contributed by atoms with van der Waals surface area (Å²) in [5, 5.41) is 15.3. The van der Waals surface area contributed by atoms with Gasteiger partial charge in [0.2, 0.25) is 0 Å². The first-order valence-corrected chi connectivity index (χ1v) is 5.21. The molecule has 0 atom stereocenters. The maximum absolute atomic E-state index is 10.3. The van der Waals surface area contributed by atoms with Crippen molar-refractivity contribution in [1.82, 2.24) is 5.01 Å². The number of hydrazone groups is 1. The van der Waals surface area contributed by atoms with Crippen LogP contribution < -0.4 is 5.73 Å². The largest absolute Gasteiger partial charge is 0.363 e. The summed E-state index contributed by atoms with van der Waals surface area (Å²) >= 11 is 0. The van der Waals surface area contributed by atoms with E-state index in [2.05, 4.69) is 17.3 Å². The zero-order chi connectivity index (χ0) is 12.4. The summed E-state index contributed by atoms with van der Waals surface area (Å²) in [6.45, 7) is 2.36. The van der Waals surface area contributed by atoms with Gasteiger partial charge in [0.25, 0.3) is 5.96 Å². The molecule has 0 aliphatic carbocycles. The molecule has 0 saturated carbocycles. The topological polar surface area (TPSA) is 114 Å². The molecule has 0 saturated heterocycles. The van der Waals surface area contributed by atoms with Crippen LogP contribution in [0.4, 0.5) is 0 Å². The van der Waals surface area contributed by atoms with E-state index in [1.54, 1.807) is 0 Å². The van der Waals surface area contributed by atoms with Gasteiger partial charge in [-0.2, -0.15) is 5.01 Å². The molecular formula is C8H17N5O3. The first kappa shape index (κ1) is 14.3. The molecule has 0 aromatic heterocycles. The summed E-state index contributed by atoms with van der Waals surface area (Å²) in [4.78, 5) is 20.4. The highest BCUT2D eigenvalue weighted by molar-refractivity contribution is 5.76. The zero-order valence-corrected chi connectivity index (χ0v) is 9.33. The van der Waals surface area contributed by atoms with Crippen molar-refractivity contribution in [2.24, 2.45) is 16.1 Å². The first-order chi connectivity index (χ1) is 7.61. The van der Waals surface area contributed by atoms with Crippen LogP contribution in [0.25, 0.3) is 0 Å². The van der Waals surface area contributed by atoms with Gasteiger partial charge in [-0.3, -0.25) is 0 Å². The molecule has 0 rings (SSSR count). The fourth-order valence-electron chi connectivity index (χ4n) is 1.20. The summed E-state index contributed by atoms with van der Waals surface area (Å²) in [6.07, 6.45) is 4.97. The predicted octanol–water partition coefficient (Wildman–Crippen LogP) is 1.45. The van der Waals surface area contributed by atoms with Crippen LogP contribution in [-0.4, -0.2) is 22.5 Å². The van der Waals surface area contributed by atoms with Gasteiger partial charge in [0.1, 0.15) is 5.10 Å². The van der Waals surface area contributed by atoms with E-state index >= 15 is 0 Å². The van der Waals surface area contributed by atoms with Crippen LogP contribution in [0.3, 0.4) is 0 Å². The van der Waals surface area contributed by atoms with Crippen LogP contribution in [-0.2, 0) is 0 Å². The highest BCUT2D eigenvalue weighted by Crippen LogP contribution is 2.04. The van der Waals surface area contributed by atoms with Crippen LogP contribution in [0.5, 0.6) is 0 Å². The van der Waals surface area contributed by atoms with Crippen LogP contribution in [0.15, 0.2) is 10.4 Å². The number of hydrogen-bond donors (Lipinski definition) is 1. The number of hydrogen-bond acceptors (Lipinski definition) is 4. The lowest BCUT2D eigenvalue weighted by atomic mass is 10.1. The van der Waals surface area contributed by atoms with E-state index in [9.17, 15) is 15.0 Å². The molecule has 0 aliphatic heterocycles. The average Bonchev–Trinajstić information content (AvgIpc) is 2.22. The number of unbranched alkanes of at least 4 members (excludes halogenated alkanes) is 4. The highest BCUT2D eigenvalue weighted by atomic mass is 16.7. The maximum Gasteiger partial charge on any atom is 0.291 e. The Morgan fingerprint density at radius 3 is 2.50 bits per heavy atom. The third-order valence-corrected chi connectivity index (χ3v) is 2.02. The molecule has 0 aromatic carbocycles. The molecule has 0 heterocycles. The third-order valence-electron chi connectivity index (χ3n) is 2.02. The van der Waals surface area contributed by atoms with E-state index in [0.717, 1.165) is 30.7 Å². The normalized spacial score (nSPS) is 11.2. The van der Waals surface area contributed by atoms with Crippen LogP contribution >= 0.6 is 0 Å². The second-order valence-corrected chi connectivity index (χ2v) is 3.32. The van der Waals surface area contributed by atoms with Gasteiger partial charge in [0.15, 0.2) is 5.03 Å². The van der Waals surface area contributed by atoms with Crippen molar-refractivity contribution in [3.8, 4) is 0 Å². The lowest BCUT2D eigenvalue weighted by Crippen LogP contribution is -2.34. The molecule has 8 nitrogen and oxygen atoms in total. The van der Waals surface area contributed by atoms with E-state index in [-0.39, 0.29) is 6.54 Å². The Bertz CT molecular complexity index is 256. The Morgan fingerprint density at radius 1 is 1.38 bits per heavy atom. The Balaban J connectivity index is 3.92. The van der Waals surface area contributed by atoms with Gasteiger partial charge in [-0.15, -0.1) is 4.91 Å². The molecule has 16 heavy (non-hydrogen) atoms. The lowest BCUT2D eigenvalue weighted by molar-refractivity contribution is -0.485. The Labute approximate surface area is 93.6 Å². The fourth-order valence-corrected chi connectivity index (χ4v) is 1.20. The second kappa shape index (κ2) is 8.57. The number of nitro groups is 1. The van der Waals surface area contributed by atoms with Crippen LogP contribution in [0.1, 0.15) is 39.0 Å². The first-order valence-electron chi connectivity index (χ1n) is 5.21. The monoisotopic (exact) mass is 231 g/mol.